The molecule has 0 radical (unpaired) electrons. The minimum absolute atomic E-state index is 0.158. The minimum Gasteiger partial charge on any atom is -0.368 e. The molecule has 1 aliphatic rings. The molecule has 1 rings (SSSR count). The van der Waals surface area contributed by atoms with E-state index in [1.807, 2.05) is 18.7 Å². The maximum absolute atomic E-state index is 11.1. The monoisotopic (exact) mass is 230 g/mol. The standard InChI is InChI=1S/C11H22N2OS/c1-3-9(10(12)14)13-8-11(15-2)6-4-5-7-11/h9,13H,3-8H2,1-2H3,(H2,12,14). The van der Waals surface area contributed by atoms with Gasteiger partial charge in [-0.25, -0.2) is 0 Å². The van der Waals surface area contributed by atoms with Crippen molar-refractivity contribution in [1.29, 1.82) is 0 Å². The number of carbonyl (C=O) groups is 1. The largest absolute Gasteiger partial charge is 0.368 e. The van der Waals surface area contributed by atoms with Crippen molar-refractivity contribution in [1.82, 2.24) is 5.32 Å². The first-order chi connectivity index (χ1) is 7.13. The molecule has 0 aromatic carbocycles. The fraction of sp³-hybridized carbons (Fsp3) is 0.909. The molecule has 88 valence electrons. The third-order valence-electron chi connectivity index (χ3n) is 3.37. The Labute approximate surface area is 96.6 Å². The van der Waals surface area contributed by atoms with E-state index in [1.165, 1.54) is 25.7 Å². The van der Waals surface area contributed by atoms with Crippen LogP contribution in [0.1, 0.15) is 39.0 Å². The second-order valence-electron chi connectivity index (χ2n) is 4.34. The van der Waals surface area contributed by atoms with E-state index < -0.39 is 0 Å². The first-order valence-electron chi connectivity index (χ1n) is 5.71. The maximum atomic E-state index is 11.1. The van der Waals surface area contributed by atoms with Crippen LogP contribution >= 0.6 is 11.8 Å². The number of hydrogen-bond acceptors (Lipinski definition) is 3. The van der Waals surface area contributed by atoms with Gasteiger partial charge in [0, 0.05) is 11.3 Å². The van der Waals surface area contributed by atoms with Crippen LogP contribution in [0.2, 0.25) is 0 Å². The highest BCUT2D eigenvalue weighted by Gasteiger charge is 2.33. The Morgan fingerprint density at radius 2 is 2.13 bits per heavy atom. The van der Waals surface area contributed by atoms with E-state index >= 15 is 0 Å². The molecular weight excluding hydrogens is 208 g/mol. The Hall–Kier alpha value is -0.220. The van der Waals surface area contributed by atoms with Crippen molar-refractivity contribution in [3.05, 3.63) is 0 Å². The number of amides is 1. The van der Waals surface area contributed by atoms with E-state index in [9.17, 15) is 4.79 Å². The van der Waals surface area contributed by atoms with Crippen molar-refractivity contribution in [2.75, 3.05) is 12.8 Å². The van der Waals surface area contributed by atoms with Gasteiger partial charge in [-0.15, -0.1) is 0 Å². The van der Waals surface area contributed by atoms with Crippen LogP contribution in [0, 0.1) is 0 Å². The van der Waals surface area contributed by atoms with Gasteiger partial charge in [0.05, 0.1) is 6.04 Å². The lowest BCUT2D eigenvalue weighted by molar-refractivity contribution is -0.120. The Kier molecular flexibility index (Phi) is 4.93. The van der Waals surface area contributed by atoms with Gasteiger partial charge in [-0.1, -0.05) is 19.8 Å². The molecule has 0 aromatic rings. The van der Waals surface area contributed by atoms with E-state index in [0.29, 0.717) is 4.75 Å². The Balaban J connectivity index is 2.42. The van der Waals surface area contributed by atoms with Crippen LogP contribution in [-0.4, -0.2) is 29.5 Å². The van der Waals surface area contributed by atoms with Gasteiger partial charge in [0.2, 0.25) is 5.91 Å². The lowest BCUT2D eigenvalue weighted by Gasteiger charge is -2.28. The molecule has 1 unspecified atom stereocenters. The Morgan fingerprint density at radius 3 is 2.53 bits per heavy atom. The molecular formula is C11H22N2OS. The van der Waals surface area contributed by atoms with Gasteiger partial charge in [-0.05, 0) is 25.5 Å². The van der Waals surface area contributed by atoms with Crippen LogP contribution < -0.4 is 11.1 Å². The molecule has 0 aliphatic heterocycles. The number of carbonyl (C=O) groups excluding carboxylic acids is 1. The number of rotatable bonds is 6. The summed E-state index contributed by atoms with van der Waals surface area (Å²) in [6, 6.07) is -0.158. The molecule has 1 atom stereocenters. The average molecular weight is 230 g/mol. The Morgan fingerprint density at radius 1 is 1.53 bits per heavy atom. The number of hydrogen-bond donors (Lipinski definition) is 2. The molecule has 1 saturated carbocycles. The second-order valence-corrected chi connectivity index (χ2v) is 5.61. The topological polar surface area (TPSA) is 55.1 Å². The van der Waals surface area contributed by atoms with Gasteiger partial charge in [-0.3, -0.25) is 4.79 Å². The van der Waals surface area contributed by atoms with Crippen molar-refractivity contribution in [2.45, 2.75) is 49.8 Å². The summed E-state index contributed by atoms with van der Waals surface area (Å²) < 4.78 is 0.350. The molecule has 3 nitrogen and oxygen atoms in total. The molecule has 1 aliphatic carbocycles. The van der Waals surface area contributed by atoms with Crippen molar-refractivity contribution >= 4 is 17.7 Å². The summed E-state index contributed by atoms with van der Waals surface area (Å²) in [7, 11) is 0. The summed E-state index contributed by atoms with van der Waals surface area (Å²) in [6.45, 7) is 2.90. The van der Waals surface area contributed by atoms with E-state index in [0.717, 1.165) is 13.0 Å². The van der Waals surface area contributed by atoms with Gasteiger partial charge in [0.15, 0.2) is 0 Å². The van der Waals surface area contributed by atoms with Crippen LogP contribution in [0.15, 0.2) is 0 Å². The minimum atomic E-state index is -0.230. The lowest BCUT2D eigenvalue weighted by atomic mass is 10.1. The van der Waals surface area contributed by atoms with Crippen LogP contribution in [0.4, 0.5) is 0 Å². The van der Waals surface area contributed by atoms with Gasteiger partial charge in [0.1, 0.15) is 0 Å². The van der Waals surface area contributed by atoms with E-state index in [1.54, 1.807) is 0 Å². The zero-order valence-corrected chi connectivity index (χ0v) is 10.5. The third-order valence-corrected chi connectivity index (χ3v) is 4.79. The fourth-order valence-electron chi connectivity index (χ4n) is 2.23. The zero-order valence-electron chi connectivity index (χ0n) is 9.71. The van der Waals surface area contributed by atoms with Crippen LogP contribution in [-0.2, 0) is 4.79 Å². The fourth-order valence-corrected chi connectivity index (χ4v) is 3.15. The predicted molar refractivity (Wildman–Crippen MR) is 66.0 cm³/mol. The maximum Gasteiger partial charge on any atom is 0.234 e. The number of nitrogens with two attached hydrogens (primary N) is 1. The van der Waals surface area contributed by atoms with Crippen LogP contribution in [0.25, 0.3) is 0 Å². The molecule has 3 N–H and O–H groups in total. The predicted octanol–water partition coefficient (Wildman–Crippen LogP) is 1.52. The Bertz CT molecular complexity index is 215. The molecule has 4 heteroatoms. The SMILES string of the molecule is CCC(NCC1(SC)CCCC1)C(N)=O. The van der Waals surface area contributed by atoms with Crippen LogP contribution in [0.5, 0.6) is 0 Å². The smallest absolute Gasteiger partial charge is 0.234 e. The zero-order chi connectivity index (χ0) is 11.3. The van der Waals surface area contributed by atoms with Crippen molar-refractivity contribution in [3.63, 3.8) is 0 Å². The lowest BCUT2D eigenvalue weighted by Crippen LogP contribution is -2.46. The summed E-state index contributed by atoms with van der Waals surface area (Å²) in [4.78, 5) is 11.1. The number of thioether (sulfide) groups is 1. The molecule has 0 saturated heterocycles. The normalized spacial score (nSPS) is 21.5. The average Bonchev–Trinajstić information content (AvgIpc) is 2.68. The molecule has 0 heterocycles. The highest BCUT2D eigenvalue weighted by molar-refractivity contribution is 8.00. The molecule has 0 aromatic heterocycles. The summed E-state index contributed by atoms with van der Waals surface area (Å²) in [5.41, 5.74) is 5.31. The van der Waals surface area contributed by atoms with E-state index in [-0.39, 0.29) is 11.9 Å². The molecule has 0 spiro atoms. The molecule has 1 amide bonds. The van der Waals surface area contributed by atoms with E-state index in [2.05, 4.69) is 11.6 Å². The highest BCUT2D eigenvalue weighted by atomic mass is 32.2. The van der Waals surface area contributed by atoms with Crippen LogP contribution in [0.3, 0.4) is 0 Å². The summed E-state index contributed by atoms with van der Waals surface area (Å²) >= 11 is 1.93. The van der Waals surface area contributed by atoms with Gasteiger partial charge >= 0.3 is 0 Å². The molecule has 15 heavy (non-hydrogen) atoms. The third kappa shape index (κ3) is 3.38. The van der Waals surface area contributed by atoms with E-state index in [4.69, 9.17) is 5.73 Å². The van der Waals surface area contributed by atoms with Crippen molar-refractivity contribution < 1.29 is 4.79 Å². The number of primary amides is 1. The first-order valence-corrected chi connectivity index (χ1v) is 6.94. The summed E-state index contributed by atoms with van der Waals surface area (Å²) in [6.07, 6.45) is 8.09. The molecule has 0 bridgehead atoms. The van der Waals surface area contributed by atoms with Gasteiger partial charge < -0.3 is 11.1 Å². The number of nitrogens with one attached hydrogen (secondary N) is 1. The summed E-state index contributed by atoms with van der Waals surface area (Å²) in [5, 5.41) is 3.31. The van der Waals surface area contributed by atoms with Crippen molar-refractivity contribution in [3.8, 4) is 0 Å². The second kappa shape index (κ2) is 5.75. The highest BCUT2D eigenvalue weighted by Crippen LogP contribution is 2.39. The quantitative estimate of drug-likeness (QED) is 0.727. The summed E-state index contributed by atoms with van der Waals surface area (Å²) in [5.74, 6) is -0.230. The van der Waals surface area contributed by atoms with Gasteiger partial charge in [-0.2, -0.15) is 11.8 Å². The van der Waals surface area contributed by atoms with Crippen molar-refractivity contribution in [2.24, 2.45) is 5.73 Å². The molecule has 1 fully saturated rings. The first kappa shape index (κ1) is 12.8. The van der Waals surface area contributed by atoms with Gasteiger partial charge in [0.25, 0.3) is 0 Å².